The number of hydrogen-bond acceptors (Lipinski definition) is 7. The first kappa shape index (κ1) is 23.4. The average molecular weight is 469 g/mol. The Labute approximate surface area is 195 Å². The SMILES string of the molecule is CC(=O)c1ccc(OCC2CN(C(=O)Cn3cnc4c3c(=O)n(C)c(=O)n4C)CCO2)cc1C. The highest BCUT2D eigenvalue weighted by Crippen LogP contribution is 2.19. The largest absolute Gasteiger partial charge is 0.491 e. The number of aromatic nitrogens is 4. The number of Topliss-reactive ketones (excluding diaryl/α,β-unsaturated/α-hetero) is 1. The third kappa shape index (κ3) is 4.38. The average Bonchev–Trinajstić information content (AvgIpc) is 3.23. The third-order valence-electron chi connectivity index (χ3n) is 6.03. The first-order valence-corrected chi connectivity index (χ1v) is 10.9. The summed E-state index contributed by atoms with van der Waals surface area (Å²) in [5.41, 5.74) is 0.956. The van der Waals surface area contributed by atoms with Crippen molar-refractivity contribution in [3.05, 3.63) is 56.5 Å². The summed E-state index contributed by atoms with van der Waals surface area (Å²) in [4.78, 5) is 55.1. The Balaban J connectivity index is 1.42. The van der Waals surface area contributed by atoms with Crippen LogP contribution in [-0.4, -0.2) is 67.7 Å². The summed E-state index contributed by atoms with van der Waals surface area (Å²) in [6, 6.07) is 5.29. The minimum atomic E-state index is -0.497. The number of ether oxygens (including phenoxy) is 2. The molecule has 11 heteroatoms. The van der Waals surface area contributed by atoms with Crippen molar-refractivity contribution in [2.45, 2.75) is 26.5 Å². The molecule has 3 heterocycles. The monoisotopic (exact) mass is 469 g/mol. The maximum absolute atomic E-state index is 13.0. The van der Waals surface area contributed by atoms with E-state index in [1.54, 1.807) is 23.1 Å². The zero-order valence-corrected chi connectivity index (χ0v) is 19.6. The molecule has 180 valence electrons. The second-order valence-electron chi connectivity index (χ2n) is 8.43. The summed E-state index contributed by atoms with van der Waals surface area (Å²) in [5, 5.41) is 0. The van der Waals surface area contributed by atoms with E-state index >= 15 is 0 Å². The number of carbonyl (C=O) groups excluding carboxylic acids is 2. The van der Waals surface area contributed by atoms with Gasteiger partial charge in [-0.15, -0.1) is 0 Å². The molecule has 0 saturated carbocycles. The van der Waals surface area contributed by atoms with Gasteiger partial charge >= 0.3 is 5.69 Å². The van der Waals surface area contributed by atoms with Gasteiger partial charge in [-0.2, -0.15) is 0 Å². The Hall–Kier alpha value is -3.73. The summed E-state index contributed by atoms with van der Waals surface area (Å²) in [7, 11) is 2.93. The van der Waals surface area contributed by atoms with Gasteiger partial charge < -0.3 is 18.9 Å². The zero-order valence-electron chi connectivity index (χ0n) is 19.6. The Morgan fingerprint density at radius 3 is 2.68 bits per heavy atom. The van der Waals surface area contributed by atoms with Crippen LogP contribution >= 0.6 is 0 Å². The molecule has 0 spiro atoms. The van der Waals surface area contributed by atoms with Crippen LogP contribution in [-0.2, 0) is 30.2 Å². The molecule has 2 aromatic heterocycles. The minimum absolute atomic E-state index is 0.000402. The van der Waals surface area contributed by atoms with Crippen LogP contribution in [0.25, 0.3) is 11.2 Å². The molecule has 0 N–H and O–H groups in total. The number of amides is 1. The number of imidazole rings is 1. The number of morpholine rings is 1. The number of fused-ring (bicyclic) bond motifs is 1. The van der Waals surface area contributed by atoms with Crippen molar-refractivity contribution in [1.29, 1.82) is 0 Å². The van der Waals surface area contributed by atoms with Crippen molar-refractivity contribution in [2.75, 3.05) is 26.3 Å². The molecule has 1 amide bonds. The lowest BCUT2D eigenvalue weighted by Gasteiger charge is -2.33. The van der Waals surface area contributed by atoms with E-state index in [1.807, 2.05) is 6.92 Å². The lowest BCUT2D eigenvalue weighted by atomic mass is 10.1. The quantitative estimate of drug-likeness (QED) is 0.475. The number of benzene rings is 1. The first-order chi connectivity index (χ1) is 16.2. The van der Waals surface area contributed by atoms with Crippen molar-refractivity contribution < 1.29 is 19.1 Å². The molecule has 1 aromatic carbocycles. The molecule has 1 aliphatic heterocycles. The Bertz CT molecular complexity index is 1380. The molecule has 1 fully saturated rings. The van der Waals surface area contributed by atoms with Crippen molar-refractivity contribution in [2.24, 2.45) is 14.1 Å². The van der Waals surface area contributed by atoms with Gasteiger partial charge in [0.25, 0.3) is 5.56 Å². The van der Waals surface area contributed by atoms with Gasteiger partial charge in [0.2, 0.25) is 5.91 Å². The summed E-state index contributed by atoms with van der Waals surface area (Å²) < 4.78 is 15.3. The van der Waals surface area contributed by atoms with Crippen LogP contribution in [0.3, 0.4) is 0 Å². The predicted octanol–water partition coefficient (Wildman–Crippen LogP) is 0.251. The van der Waals surface area contributed by atoms with E-state index in [-0.39, 0.29) is 42.1 Å². The molecule has 0 bridgehead atoms. The van der Waals surface area contributed by atoms with E-state index in [1.165, 1.54) is 36.5 Å². The van der Waals surface area contributed by atoms with E-state index in [2.05, 4.69) is 4.98 Å². The molecule has 1 aliphatic rings. The smallest absolute Gasteiger partial charge is 0.332 e. The second-order valence-corrected chi connectivity index (χ2v) is 8.43. The predicted molar refractivity (Wildman–Crippen MR) is 123 cm³/mol. The molecule has 0 aliphatic carbocycles. The fourth-order valence-electron chi connectivity index (χ4n) is 4.12. The number of nitrogens with zero attached hydrogens (tertiary/aromatic N) is 5. The van der Waals surface area contributed by atoms with Crippen LogP contribution in [0, 0.1) is 6.92 Å². The molecule has 34 heavy (non-hydrogen) atoms. The van der Waals surface area contributed by atoms with Gasteiger partial charge in [-0.3, -0.25) is 23.5 Å². The van der Waals surface area contributed by atoms with Crippen LogP contribution in [0.4, 0.5) is 0 Å². The molecular weight excluding hydrogens is 442 g/mol. The molecule has 3 aromatic rings. The van der Waals surface area contributed by atoms with Crippen molar-refractivity contribution in [3.8, 4) is 5.75 Å². The van der Waals surface area contributed by atoms with E-state index < -0.39 is 11.2 Å². The standard InChI is InChI=1S/C23H27N5O6/c1-14-9-16(5-6-18(14)15(2)29)34-12-17-10-27(7-8-33-17)19(30)11-28-13-24-21-20(28)22(31)26(4)23(32)25(21)3/h5-6,9,13,17H,7-8,10-12H2,1-4H3. The number of rotatable bonds is 6. The highest BCUT2D eigenvalue weighted by molar-refractivity contribution is 5.95. The number of hydrogen-bond donors (Lipinski definition) is 0. The van der Waals surface area contributed by atoms with E-state index in [4.69, 9.17) is 9.47 Å². The lowest BCUT2D eigenvalue weighted by molar-refractivity contribution is -0.140. The lowest BCUT2D eigenvalue weighted by Crippen LogP contribution is -2.48. The van der Waals surface area contributed by atoms with Crippen molar-refractivity contribution >= 4 is 22.9 Å². The fraction of sp³-hybridized carbons (Fsp3) is 0.435. The van der Waals surface area contributed by atoms with Gasteiger partial charge in [0, 0.05) is 26.2 Å². The van der Waals surface area contributed by atoms with E-state index in [0.29, 0.717) is 31.0 Å². The zero-order chi connectivity index (χ0) is 24.6. The molecule has 1 saturated heterocycles. The van der Waals surface area contributed by atoms with Gasteiger partial charge in [-0.25, -0.2) is 9.78 Å². The normalized spacial score (nSPS) is 16.1. The topological polar surface area (TPSA) is 118 Å². The van der Waals surface area contributed by atoms with Gasteiger partial charge in [-0.05, 0) is 37.6 Å². The van der Waals surface area contributed by atoms with Gasteiger partial charge in [0.1, 0.15) is 25.0 Å². The van der Waals surface area contributed by atoms with E-state index in [9.17, 15) is 19.2 Å². The van der Waals surface area contributed by atoms with E-state index in [0.717, 1.165) is 10.1 Å². The Morgan fingerprint density at radius 1 is 1.21 bits per heavy atom. The van der Waals surface area contributed by atoms with Gasteiger partial charge in [-0.1, -0.05) is 0 Å². The highest BCUT2D eigenvalue weighted by Gasteiger charge is 2.26. The summed E-state index contributed by atoms with van der Waals surface area (Å²) in [5.74, 6) is 0.436. The Kier molecular flexibility index (Phi) is 6.38. The van der Waals surface area contributed by atoms with Crippen LogP contribution in [0.2, 0.25) is 0 Å². The maximum Gasteiger partial charge on any atom is 0.332 e. The van der Waals surface area contributed by atoms with Crippen molar-refractivity contribution in [3.63, 3.8) is 0 Å². The molecule has 11 nitrogen and oxygen atoms in total. The minimum Gasteiger partial charge on any atom is -0.491 e. The number of aryl methyl sites for hydroxylation is 2. The van der Waals surface area contributed by atoms with Gasteiger partial charge in [0.05, 0.1) is 19.5 Å². The fourth-order valence-corrected chi connectivity index (χ4v) is 4.12. The molecule has 1 unspecified atom stereocenters. The maximum atomic E-state index is 13.0. The van der Waals surface area contributed by atoms with Crippen LogP contribution in [0.1, 0.15) is 22.8 Å². The van der Waals surface area contributed by atoms with Crippen LogP contribution in [0.15, 0.2) is 34.1 Å². The van der Waals surface area contributed by atoms with Crippen LogP contribution in [0.5, 0.6) is 5.75 Å². The number of carbonyl (C=O) groups is 2. The molecular formula is C23H27N5O6. The number of ketones is 1. The summed E-state index contributed by atoms with van der Waals surface area (Å²) >= 11 is 0. The summed E-state index contributed by atoms with van der Waals surface area (Å²) in [6.07, 6.45) is 1.08. The highest BCUT2D eigenvalue weighted by atomic mass is 16.5. The van der Waals surface area contributed by atoms with Crippen molar-refractivity contribution in [1.82, 2.24) is 23.6 Å². The summed E-state index contributed by atoms with van der Waals surface area (Å²) in [6.45, 7) is 4.67. The second kappa shape index (κ2) is 9.26. The molecule has 0 radical (unpaired) electrons. The molecule has 1 atom stereocenters. The first-order valence-electron chi connectivity index (χ1n) is 10.9. The third-order valence-corrected chi connectivity index (χ3v) is 6.03. The Morgan fingerprint density at radius 2 is 1.97 bits per heavy atom. The van der Waals surface area contributed by atoms with Gasteiger partial charge in [0.15, 0.2) is 16.9 Å². The molecule has 4 rings (SSSR count). The van der Waals surface area contributed by atoms with Crippen LogP contribution < -0.4 is 16.0 Å².